The Bertz CT molecular complexity index is 665. The van der Waals surface area contributed by atoms with Crippen molar-refractivity contribution in [1.82, 2.24) is 10.2 Å². The summed E-state index contributed by atoms with van der Waals surface area (Å²) in [5.74, 6) is -0.853. The van der Waals surface area contributed by atoms with E-state index in [1.807, 2.05) is 0 Å². The molecule has 1 aromatic heterocycles. The molecule has 0 atom stereocenters. The third-order valence-corrected chi connectivity index (χ3v) is 2.52. The molecule has 0 saturated carbocycles. The Morgan fingerprint density at radius 2 is 2.20 bits per heavy atom. The summed E-state index contributed by atoms with van der Waals surface area (Å²) in [5.41, 5.74) is 0.957. The van der Waals surface area contributed by atoms with E-state index in [9.17, 15) is 14.9 Å². The van der Waals surface area contributed by atoms with Gasteiger partial charge in [-0.2, -0.15) is 0 Å². The van der Waals surface area contributed by atoms with Crippen molar-refractivity contribution in [2.75, 3.05) is 6.61 Å². The van der Waals surface area contributed by atoms with Gasteiger partial charge in [-0.1, -0.05) is 0 Å². The molecule has 104 valence electrons. The molecule has 0 unspecified atom stereocenters. The average molecular weight is 277 g/mol. The highest BCUT2D eigenvalue weighted by atomic mass is 16.6. The maximum absolute atomic E-state index is 11.4. The fourth-order valence-corrected chi connectivity index (χ4v) is 1.61. The summed E-state index contributed by atoms with van der Waals surface area (Å²) in [5, 5.41) is 18.0. The summed E-state index contributed by atoms with van der Waals surface area (Å²) in [6.07, 6.45) is 0. The molecule has 0 saturated heterocycles. The van der Waals surface area contributed by atoms with Crippen LogP contribution in [-0.4, -0.2) is 27.7 Å². The number of aromatic nitrogens is 2. The molecule has 0 aliphatic carbocycles. The van der Waals surface area contributed by atoms with Crippen LogP contribution in [0.25, 0.3) is 11.5 Å². The normalized spacial score (nSPS) is 10.3. The van der Waals surface area contributed by atoms with Gasteiger partial charge in [0.05, 0.1) is 11.5 Å². The number of benzene rings is 1. The van der Waals surface area contributed by atoms with Crippen molar-refractivity contribution in [3.05, 3.63) is 39.8 Å². The number of hydrogen-bond acceptors (Lipinski definition) is 7. The van der Waals surface area contributed by atoms with E-state index in [0.717, 1.165) is 0 Å². The van der Waals surface area contributed by atoms with Gasteiger partial charge in [-0.15, -0.1) is 10.2 Å². The van der Waals surface area contributed by atoms with Gasteiger partial charge in [0.2, 0.25) is 5.89 Å². The lowest BCUT2D eigenvalue weighted by Crippen LogP contribution is -2.04. The van der Waals surface area contributed by atoms with Gasteiger partial charge in [-0.3, -0.25) is 10.1 Å². The van der Waals surface area contributed by atoms with Crippen LogP contribution in [0.5, 0.6) is 0 Å². The van der Waals surface area contributed by atoms with E-state index in [2.05, 4.69) is 10.2 Å². The lowest BCUT2D eigenvalue weighted by molar-refractivity contribution is -0.385. The first-order valence-electron chi connectivity index (χ1n) is 5.79. The van der Waals surface area contributed by atoms with Gasteiger partial charge in [-0.25, -0.2) is 4.79 Å². The van der Waals surface area contributed by atoms with E-state index in [-0.39, 0.29) is 24.1 Å². The Labute approximate surface area is 113 Å². The van der Waals surface area contributed by atoms with Gasteiger partial charge in [0.15, 0.2) is 0 Å². The van der Waals surface area contributed by atoms with Crippen LogP contribution in [0.15, 0.2) is 22.6 Å². The van der Waals surface area contributed by atoms with Crippen molar-refractivity contribution >= 4 is 11.7 Å². The van der Waals surface area contributed by atoms with Crippen LogP contribution in [0.3, 0.4) is 0 Å². The Hall–Kier alpha value is -2.77. The van der Waals surface area contributed by atoms with E-state index in [4.69, 9.17) is 9.15 Å². The van der Waals surface area contributed by atoms with Crippen LogP contribution < -0.4 is 0 Å². The second-order valence-corrected chi connectivity index (χ2v) is 3.89. The Morgan fingerprint density at radius 1 is 1.45 bits per heavy atom. The van der Waals surface area contributed by atoms with Crippen LogP contribution in [0.2, 0.25) is 0 Å². The number of carbonyl (C=O) groups is 1. The van der Waals surface area contributed by atoms with E-state index in [0.29, 0.717) is 11.1 Å². The quantitative estimate of drug-likeness (QED) is 0.478. The van der Waals surface area contributed by atoms with Crippen molar-refractivity contribution in [3.8, 4) is 11.5 Å². The number of ether oxygens (including phenoxy) is 1. The molecule has 0 fully saturated rings. The molecule has 0 N–H and O–H groups in total. The molecule has 0 spiro atoms. The van der Waals surface area contributed by atoms with Crippen molar-refractivity contribution in [3.63, 3.8) is 0 Å². The molecule has 0 amide bonds. The van der Waals surface area contributed by atoms with Crippen molar-refractivity contribution in [1.29, 1.82) is 0 Å². The molecule has 20 heavy (non-hydrogen) atoms. The van der Waals surface area contributed by atoms with Gasteiger partial charge in [-0.05, 0) is 26.0 Å². The predicted molar refractivity (Wildman–Crippen MR) is 67.1 cm³/mol. The summed E-state index contributed by atoms with van der Waals surface area (Å²) in [6.45, 7) is 3.46. The molecular weight excluding hydrogens is 266 g/mol. The number of aryl methyl sites for hydroxylation is 1. The first kappa shape index (κ1) is 13.7. The molecule has 0 aliphatic heterocycles. The molecule has 1 heterocycles. The minimum atomic E-state index is -0.704. The highest BCUT2D eigenvalue weighted by molar-refractivity contribution is 5.84. The van der Waals surface area contributed by atoms with Crippen LogP contribution in [0.4, 0.5) is 5.69 Å². The van der Waals surface area contributed by atoms with Crippen molar-refractivity contribution < 1.29 is 18.9 Å². The van der Waals surface area contributed by atoms with Gasteiger partial charge in [0.25, 0.3) is 5.69 Å². The highest BCUT2D eigenvalue weighted by Gasteiger charge is 2.18. The first-order valence-corrected chi connectivity index (χ1v) is 5.79. The van der Waals surface area contributed by atoms with E-state index >= 15 is 0 Å². The molecular formula is C12H11N3O5. The fraction of sp³-hybridized carbons (Fsp3) is 0.250. The third-order valence-electron chi connectivity index (χ3n) is 2.52. The highest BCUT2D eigenvalue weighted by Crippen LogP contribution is 2.25. The number of hydrogen-bond donors (Lipinski definition) is 0. The number of nitro benzene ring substituents is 1. The summed E-state index contributed by atoms with van der Waals surface area (Å²) < 4.78 is 9.90. The molecule has 0 radical (unpaired) electrons. The zero-order chi connectivity index (χ0) is 14.7. The minimum absolute atomic E-state index is 0.00104. The Kier molecular flexibility index (Phi) is 3.74. The summed E-state index contributed by atoms with van der Waals surface area (Å²) in [6, 6.07) is 4.37. The van der Waals surface area contributed by atoms with Crippen LogP contribution in [0, 0.1) is 17.0 Å². The van der Waals surface area contributed by atoms with Crippen molar-refractivity contribution in [2.24, 2.45) is 0 Å². The number of esters is 1. The van der Waals surface area contributed by atoms with Gasteiger partial charge in [0, 0.05) is 17.2 Å². The fourth-order valence-electron chi connectivity index (χ4n) is 1.61. The number of nitro groups is 1. The smallest absolute Gasteiger partial charge is 0.396 e. The lowest BCUT2D eigenvalue weighted by Gasteiger charge is -1.99. The number of carbonyl (C=O) groups excluding carboxylic acids is 1. The monoisotopic (exact) mass is 277 g/mol. The SMILES string of the molecule is CCOC(=O)c1nnc(-c2ccc([N+](=O)[O-])c(C)c2)o1. The maximum atomic E-state index is 11.4. The van der Waals surface area contributed by atoms with Gasteiger partial charge < -0.3 is 9.15 Å². The molecule has 0 bridgehead atoms. The van der Waals surface area contributed by atoms with Crippen molar-refractivity contribution in [2.45, 2.75) is 13.8 Å². The van der Waals surface area contributed by atoms with Crippen LogP contribution >= 0.6 is 0 Å². The molecule has 2 aromatic rings. The second kappa shape index (κ2) is 5.47. The zero-order valence-corrected chi connectivity index (χ0v) is 10.8. The van der Waals surface area contributed by atoms with Crippen LogP contribution in [0.1, 0.15) is 23.2 Å². The van der Waals surface area contributed by atoms with Gasteiger partial charge >= 0.3 is 11.9 Å². The van der Waals surface area contributed by atoms with E-state index < -0.39 is 10.9 Å². The van der Waals surface area contributed by atoms with Gasteiger partial charge in [0.1, 0.15) is 0 Å². The first-order chi connectivity index (χ1) is 9.52. The topological polar surface area (TPSA) is 108 Å². The second-order valence-electron chi connectivity index (χ2n) is 3.89. The summed E-state index contributed by atoms with van der Waals surface area (Å²) in [7, 11) is 0. The standard InChI is InChI=1S/C12H11N3O5/c1-3-19-12(16)11-14-13-10(20-11)8-4-5-9(15(17)18)7(2)6-8/h4-6H,3H2,1-2H3. The zero-order valence-electron chi connectivity index (χ0n) is 10.8. The molecule has 8 nitrogen and oxygen atoms in total. The van der Waals surface area contributed by atoms with Crippen LogP contribution in [-0.2, 0) is 4.74 Å². The van der Waals surface area contributed by atoms with E-state index in [1.54, 1.807) is 19.9 Å². The summed E-state index contributed by atoms with van der Waals surface area (Å²) in [4.78, 5) is 21.6. The minimum Gasteiger partial charge on any atom is -0.459 e. The molecule has 8 heteroatoms. The molecule has 1 aromatic carbocycles. The summed E-state index contributed by atoms with van der Waals surface area (Å²) >= 11 is 0. The Balaban J connectivity index is 2.31. The predicted octanol–water partition coefficient (Wildman–Crippen LogP) is 2.13. The average Bonchev–Trinajstić information content (AvgIpc) is 2.88. The maximum Gasteiger partial charge on any atom is 0.396 e. The largest absolute Gasteiger partial charge is 0.459 e. The molecule has 0 aliphatic rings. The third kappa shape index (κ3) is 2.63. The lowest BCUT2D eigenvalue weighted by atomic mass is 10.1. The molecule has 2 rings (SSSR count). The van der Waals surface area contributed by atoms with E-state index in [1.165, 1.54) is 12.1 Å². The number of nitrogens with zero attached hydrogens (tertiary/aromatic N) is 3. The Morgan fingerprint density at radius 3 is 2.80 bits per heavy atom. The number of rotatable bonds is 4.